The molecule has 0 N–H and O–H groups in total. The van der Waals surface area contributed by atoms with Crippen LogP contribution in [0.1, 0.15) is 29.5 Å². The average molecular weight is 265 g/mol. The van der Waals surface area contributed by atoms with Crippen molar-refractivity contribution in [2.75, 3.05) is 18.0 Å². The summed E-state index contributed by atoms with van der Waals surface area (Å²) in [7, 11) is 0. The van der Waals surface area contributed by atoms with Crippen molar-refractivity contribution in [1.29, 1.82) is 0 Å². The van der Waals surface area contributed by atoms with E-state index in [2.05, 4.69) is 16.9 Å². The first-order valence-corrected chi connectivity index (χ1v) is 7.12. The number of hydrogen-bond donors (Lipinski definition) is 0. The van der Waals surface area contributed by atoms with E-state index in [-0.39, 0.29) is 5.63 Å². The zero-order chi connectivity index (χ0) is 13.7. The molecule has 3 heteroatoms. The highest BCUT2D eigenvalue weighted by atomic mass is 16.4. The summed E-state index contributed by atoms with van der Waals surface area (Å²) in [6, 6.07) is 3.55. The Balaban J connectivity index is 2.16. The highest BCUT2D eigenvalue weighted by Crippen LogP contribution is 2.40. The van der Waals surface area contributed by atoms with Crippen molar-refractivity contribution < 1.29 is 4.42 Å². The standard InChI is InChI=1S/C17H15NO2/c1-2-11-10-15(19)20-17-13-6-4-8-18-7-3-5-12(16(13)18)9-14(11)17/h1,9-10H,3-8H2. The number of terminal acetylenes is 1. The first-order valence-electron chi connectivity index (χ1n) is 7.12. The van der Waals surface area contributed by atoms with E-state index in [4.69, 9.17) is 10.8 Å². The fraction of sp³-hybridized carbons (Fsp3) is 0.353. The Labute approximate surface area is 117 Å². The Bertz CT molecular complexity index is 808. The van der Waals surface area contributed by atoms with Crippen LogP contribution >= 0.6 is 0 Å². The molecule has 20 heavy (non-hydrogen) atoms. The molecule has 1 aromatic heterocycles. The summed E-state index contributed by atoms with van der Waals surface area (Å²) in [4.78, 5) is 14.2. The van der Waals surface area contributed by atoms with Gasteiger partial charge in [-0.25, -0.2) is 4.79 Å². The molecule has 3 nitrogen and oxygen atoms in total. The minimum atomic E-state index is -0.352. The molecule has 3 heterocycles. The normalized spacial score (nSPS) is 16.9. The van der Waals surface area contributed by atoms with Crippen LogP contribution in [0.5, 0.6) is 0 Å². The van der Waals surface area contributed by atoms with Crippen LogP contribution in [0, 0.1) is 12.3 Å². The predicted octanol–water partition coefficient (Wildman–Crippen LogP) is 2.47. The molecule has 100 valence electrons. The van der Waals surface area contributed by atoms with E-state index in [1.54, 1.807) is 0 Å². The number of aryl methyl sites for hydroxylation is 2. The van der Waals surface area contributed by atoms with Crippen LogP contribution in [0.3, 0.4) is 0 Å². The Hall–Kier alpha value is -2.21. The summed E-state index contributed by atoms with van der Waals surface area (Å²) in [6.45, 7) is 2.20. The van der Waals surface area contributed by atoms with E-state index >= 15 is 0 Å². The van der Waals surface area contributed by atoms with Crippen molar-refractivity contribution in [2.24, 2.45) is 0 Å². The molecule has 2 aliphatic heterocycles. The average Bonchev–Trinajstić information content (AvgIpc) is 2.48. The van der Waals surface area contributed by atoms with Gasteiger partial charge in [-0.15, -0.1) is 6.42 Å². The second kappa shape index (κ2) is 4.14. The fourth-order valence-electron chi connectivity index (χ4n) is 3.59. The largest absolute Gasteiger partial charge is 0.422 e. The van der Waals surface area contributed by atoms with Gasteiger partial charge in [0.25, 0.3) is 0 Å². The molecule has 0 atom stereocenters. The van der Waals surface area contributed by atoms with E-state index in [0.29, 0.717) is 11.1 Å². The van der Waals surface area contributed by atoms with Crippen LogP contribution in [0.15, 0.2) is 21.3 Å². The molecule has 2 aliphatic rings. The summed E-state index contributed by atoms with van der Waals surface area (Å²) < 4.78 is 5.50. The van der Waals surface area contributed by atoms with Gasteiger partial charge in [0.1, 0.15) is 5.58 Å². The van der Waals surface area contributed by atoms with Crippen LogP contribution in [-0.2, 0) is 12.8 Å². The molecule has 0 bridgehead atoms. The summed E-state index contributed by atoms with van der Waals surface area (Å²) in [5, 5.41) is 0.921. The third-order valence-corrected chi connectivity index (χ3v) is 4.38. The van der Waals surface area contributed by atoms with Gasteiger partial charge in [0.15, 0.2) is 0 Å². The third-order valence-electron chi connectivity index (χ3n) is 4.38. The Morgan fingerprint density at radius 3 is 2.80 bits per heavy atom. The topological polar surface area (TPSA) is 33.5 Å². The van der Waals surface area contributed by atoms with Crippen molar-refractivity contribution in [2.45, 2.75) is 25.7 Å². The van der Waals surface area contributed by atoms with E-state index < -0.39 is 0 Å². The smallest absolute Gasteiger partial charge is 0.337 e. The molecule has 0 saturated heterocycles. The lowest BCUT2D eigenvalue weighted by molar-refractivity contribution is 0.549. The lowest BCUT2D eigenvalue weighted by Gasteiger charge is -2.37. The second-order valence-corrected chi connectivity index (χ2v) is 5.56. The van der Waals surface area contributed by atoms with Crippen molar-refractivity contribution >= 4 is 16.7 Å². The molecule has 0 aliphatic carbocycles. The molecule has 0 unspecified atom stereocenters. The minimum Gasteiger partial charge on any atom is -0.422 e. The van der Waals surface area contributed by atoms with Gasteiger partial charge in [-0.1, -0.05) is 5.92 Å². The summed E-state index contributed by atoms with van der Waals surface area (Å²) in [5.41, 5.74) is 4.83. The number of hydrogen-bond acceptors (Lipinski definition) is 3. The van der Waals surface area contributed by atoms with Crippen molar-refractivity contribution in [3.8, 4) is 12.3 Å². The first kappa shape index (κ1) is 11.6. The van der Waals surface area contributed by atoms with E-state index in [1.807, 2.05) is 0 Å². The Morgan fingerprint density at radius 2 is 2.00 bits per heavy atom. The van der Waals surface area contributed by atoms with Gasteiger partial charge >= 0.3 is 5.63 Å². The second-order valence-electron chi connectivity index (χ2n) is 5.56. The van der Waals surface area contributed by atoms with Crippen LogP contribution in [0.25, 0.3) is 11.0 Å². The predicted molar refractivity (Wildman–Crippen MR) is 79.3 cm³/mol. The van der Waals surface area contributed by atoms with Gasteiger partial charge in [-0.3, -0.25) is 0 Å². The van der Waals surface area contributed by atoms with Crippen LogP contribution in [-0.4, -0.2) is 13.1 Å². The van der Waals surface area contributed by atoms with E-state index in [9.17, 15) is 4.79 Å². The number of nitrogens with zero attached hydrogens (tertiary/aromatic N) is 1. The van der Waals surface area contributed by atoms with Crippen LogP contribution < -0.4 is 10.5 Å². The highest BCUT2D eigenvalue weighted by molar-refractivity contribution is 5.92. The monoisotopic (exact) mass is 265 g/mol. The molecule has 1 aromatic carbocycles. The van der Waals surface area contributed by atoms with Crippen molar-refractivity contribution in [1.82, 2.24) is 0 Å². The summed E-state index contributed by atoms with van der Waals surface area (Å²) >= 11 is 0. The highest BCUT2D eigenvalue weighted by Gasteiger charge is 2.27. The lowest BCUT2D eigenvalue weighted by atomic mass is 9.89. The van der Waals surface area contributed by atoms with Crippen molar-refractivity contribution in [3.63, 3.8) is 0 Å². The molecule has 0 fully saturated rings. The maximum Gasteiger partial charge on any atom is 0.337 e. The van der Waals surface area contributed by atoms with Gasteiger partial charge < -0.3 is 9.32 Å². The van der Waals surface area contributed by atoms with Gasteiger partial charge in [-0.05, 0) is 37.3 Å². The molecular formula is C17H15NO2. The summed E-state index contributed by atoms with van der Waals surface area (Å²) in [5.74, 6) is 2.62. The number of benzene rings is 1. The third kappa shape index (κ3) is 1.51. The quantitative estimate of drug-likeness (QED) is 0.542. The number of anilines is 1. The molecule has 0 spiro atoms. The molecule has 4 rings (SSSR count). The molecule has 0 amide bonds. The van der Waals surface area contributed by atoms with E-state index in [0.717, 1.165) is 37.7 Å². The zero-order valence-electron chi connectivity index (χ0n) is 11.2. The van der Waals surface area contributed by atoms with Crippen LogP contribution in [0.2, 0.25) is 0 Å². The molecular weight excluding hydrogens is 250 g/mol. The maximum atomic E-state index is 11.7. The summed E-state index contributed by atoms with van der Waals surface area (Å²) in [6.07, 6.45) is 9.89. The SMILES string of the molecule is C#Cc1cc(=O)oc2c3c4c(cc12)CCCN4CCC3. The van der Waals surface area contributed by atoms with Gasteiger partial charge in [0, 0.05) is 41.4 Å². The van der Waals surface area contributed by atoms with Gasteiger partial charge in [-0.2, -0.15) is 0 Å². The minimum absolute atomic E-state index is 0.352. The van der Waals surface area contributed by atoms with Crippen molar-refractivity contribution in [3.05, 3.63) is 39.2 Å². The molecule has 2 aromatic rings. The van der Waals surface area contributed by atoms with E-state index in [1.165, 1.54) is 29.3 Å². The first-order chi connectivity index (χ1) is 9.78. The number of fused-ring (bicyclic) bond motifs is 2. The maximum absolute atomic E-state index is 11.7. The van der Waals surface area contributed by atoms with Gasteiger partial charge in [0.05, 0.1) is 0 Å². The zero-order valence-corrected chi connectivity index (χ0v) is 11.2. The number of rotatable bonds is 0. The van der Waals surface area contributed by atoms with Gasteiger partial charge in [0.2, 0.25) is 0 Å². The van der Waals surface area contributed by atoms with Crippen LogP contribution in [0.4, 0.5) is 5.69 Å². The fourth-order valence-corrected chi connectivity index (χ4v) is 3.59. The molecule has 0 radical (unpaired) electrons. The Morgan fingerprint density at radius 1 is 1.20 bits per heavy atom. The Kier molecular flexibility index (Phi) is 2.40. The lowest BCUT2D eigenvalue weighted by Crippen LogP contribution is -2.34. The molecule has 0 saturated carbocycles.